The zero-order valence-corrected chi connectivity index (χ0v) is 37.2. The third-order valence-electron chi connectivity index (χ3n) is 12.2. The fourth-order valence-corrected chi connectivity index (χ4v) is 8.58. The van der Waals surface area contributed by atoms with Crippen LogP contribution >= 0.6 is 0 Å². The van der Waals surface area contributed by atoms with Crippen LogP contribution in [0.5, 0.6) is 0 Å². The van der Waals surface area contributed by atoms with Gasteiger partial charge in [-0.25, -0.2) is 0 Å². The minimum Gasteiger partial charge on any atom is -0.404 e. The van der Waals surface area contributed by atoms with Gasteiger partial charge in [-0.3, -0.25) is 24.0 Å². The standard InChI is InChI=1S/C26H45BN6O8.C11H24N2.C4H11N/c1-15(35)22(33-20(36)11-29-14-34)24(39)30-12-21(37)32-17(7-5-6-8-28)23(38)31-13-27-40-19-10-16-9-18(25(16,2)3)26(19,4)41-27;1-3-4-5-6-8-13-9-7-12-11(2)10-13;1-2-3-4-5/h14-19,22,35H,5-13,28H2,1-4H3,(H,29,34)(H,30,39)(H,31,38)(H,32,37)(H,33,36);11-12H,3-10H2,1-2H3;2-5H2,1H3/t15?,16?,17?,18?,19?,22?,26-;;/m0../s1. The zero-order chi connectivity index (χ0) is 44.0. The first kappa shape index (κ1) is 52.3. The summed E-state index contributed by atoms with van der Waals surface area (Å²) in [5.41, 5.74) is 10.5. The predicted molar refractivity (Wildman–Crippen MR) is 231 cm³/mol. The topological polar surface area (TPSA) is 252 Å². The van der Waals surface area contributed by atoms with Crippen molar-refractivity contribution in [2.24, 2.45) is 28.7 Å². The highest BCUT2D eigenvalue weighted by molar-refractivity contribution is 6.46. The van der Waals surface area contributed by atoms with Gasteiger partial charge in [-0.05, 0) is 103 Å². The third kappa shape index (κ3) is 17.2. The van der Waals surface area contributed by atoms with E-state index in [9.17, 15) is 29.1 Å². The lowest BCUT2D eigenvalue weighted by Gasteiger charge is -2.64. The van der Waals surface area contributed by atoms with E-state index in [1.165, 1.54) is 71.6 Å². The number of hydrogen-bond donors (Lipinski definition) is 9. The SMILES string of the molecule is CC(O)C(NC(=O)CNC=O)C(=O)NCC(=O)NC(CCCCN)C(=O)NCB1OC2CC3CC(C3(C)C)[C@]2(C)O1.CCCCCCN1CCNC(C)C1.CCCCN. The van der Waals surface area contributed by atoms with Crippen LogP contribution in [-0.4, -0.2) is 142 Å². The second-order valence-corrected chi connectivity index (χ2v) is 17.4. The zero-order valence-electron chi connectivity index (χ0n) is 37.2. The monoisotopic (exact) mass is 838 g/mol. The van der Waals surface area contributed by atoms with Gasteiger partial charge in [-0.15, -0.1) is 0 Å². The summed E-state index contributed by atoms with van der Waals surface area (Å²) in [5.74, 6) is -1.52. The molecule has 2 saturated heterocycles. The summed E-state index contributed by atoms with van der Waals surface area (Å²) >= 11 is 0. The van der Waals surface area contributed by atoms with Gasteiger partial charge < -0.3 is 62.7 Å². The molecule has 3 saturated carbocycles. The Bertz CT molecular complexity index is 1280. The van der Waals surface area contributed by atoms with E-state index in [-0.39, 0.29) is 24.5 Å². The molecule has 2 heterocycles. The molecule has 0 aromatic rings. The van der Waals surface area contributed by atoms with Crippen LogP contribution in [0.1, 0.15) is 119 Å². The molecule has 340 valence electrons. The largest absolute Gasteiger partial charge is 0.478 e. The van der Waals surface area contributed by atoms with Gasteiger partial charge in [0.1, 0.15) is 12.1 Å². The smallest absolute Gasteiger partial charge is 0.404 e. The quantitative estimate of drug-likeness (QED) is 0.0384. The molecule has 11 N–H and O–H groups in total. The summed E-state index contributed by atoms with van der Waals surface area (Å²) < 4.78 is 12.5. The van der Waals surface area contributed by atoms with Crippen molar-refractivity contribution in [3.05, 3.63) is 0 Å². The van der Waals surface area contributed by atoms with Crippen molar-refractivity contribution in [1.29, 1.82) is 0 Å². The number of aliphatic hydroxyl groups excluding tert-OH is 1. The predicted octanol–water partition coefficient (Wildman–Crippen LogP) is 0.317. The summed E-state index contributed by atoms with van der Waals surface area (Å²) in [6, 6.07) is -1.53. The Hall–Kier alpha value is -2.87. The highest BCUT2D eigenvalue weighted by Gasteiger charge is 2.67. The number of amides is 5. The lowest BCUT2D eigenvalue weighted by Crippen LogP contribution is -2.65. The highest BCUT2D eigenvalue weighted by atomic mass is 16.7. The average molecular weight is 838 g/mol. The van der Waals surface area contributed by atoms with Gasteiger partial charge >= 0.3 is 7.12 Å². The molecule has 5 aliphatic rings. The van der Waals surface area contributed by atoms with Gasteiger partial charge in [0.15, 0.2) is 0 Å². The molecule has 18 heteroatoms. The Morgan fingerprint density at radius 3 is 2.22 bits per heavy atom. The Morgan fingerprint density at radius 1 is 0.932 bits per heavy atom. The van der Waals surface area contributed by atoms with Crippen LogP contribution in [-0.2, 0) is 33.3 Å². The number of carbonyl (C=O) groups is 5. The molecular weight excluding hydrogens is 757 g/mol. The van der Waals surface area contributed by atoms with E-state index in [4.69, 9.17) is 20.8 Å². The van der Waals surface area contributed by atoms with Gasteiger partial charge in [-0.1, -0.05) is 53.4 Å². The molecule has 2 aliphatic heterocycles. The van der Waals surface area contributed by atoms with Crippen molar-refractivity contribution < 1.29 is 38.4 Å². The maximum Gasteiger partial charge on any atom is 0.478 e. The number of nitrogens with two attached hydrogens (primary N) is 2. The van der Waals surface area contributed by atoms with Crippen molar-refractivity contribution in [1.82, 2.24) is 36.8 Å². The Labute approximate surface area is 354 Å². The number of rotatable bonds is 23. The molecule has 5 fully saturated rings. The summed E-state index contributed by atoms with van der Waals surface area (Å²) in [6.45, 7) is 20.0. The van der Waals surface area contributed by atoms with Crippen molar-refractivity contribution in [3.8, 4) is 0 Å². The van der Waals surface area contributed by atoms with E-state index in [0.29, 0.717) is 50.1 Å². The van der Waals surface area contributed by atoms with Crippen LogP contribution in [0.15, 0.2) is 0 Å². The number of unbranched alkanes of at least 4 members (excludes halogenated alkanes) is 5. The van der Waals surface area contributed by atoms with Crippen LogP contribution in [0, 0.1) is 17.3 Å². The molecule has 3 aliphatic carbocycles. The molecule has 5 rings (SSSR count). The molecule has 17 nitrogen and oxygen atoms in total. The lowest BCUT2D eigenvalue weighted by molar-refractivity contribution is -0.199. The Kier molecular flexibility index (Phi) is 24.1. The highest BCUT2D eigenvalue weighted by Crippen LogP contribution is 2.65. The van der Waals surface area contributed by atoms with E-state index in [1.807, 2.05) is 0 Å². The number of aliphatic hydroxyl groups is 1. The van der Waals surface area contributed by atoms with E-state index < -0.39 is 61.1 Å². The fraction of sp³-hybridized carbons (Fsp3) is 0.878. The molecule has 5 amide bonds. The normalized spacial score (nSPS) is 25.5. The van der Waals surface area contributed by atoms with E-state index in [1.54, 1.807) is 0 Å². The second-order valence-electron chi connectivity index (χ2n) is 17.4. The Balaban J connectivity index is 0.000000549. The van der Waals surface area contributed by atoms with Crippen molar-refractivity contribution in [2.75, 3.05) is 58.8 Å². The first-order valence-electron chi connectivity index (χ1n) is 22.3. The minimum atomic E-state index is -1.35. The van der Waals surface area contributed by atoms with E-state index in [0.717, 1.165) is 19.4 Å². The van der Waals surface area contributed by atoms with Crippen LogP contribution in [0.25, 0.3) is 0 Å². The molecule has 0 aromatic carbocycles. The van der Waals surface area contributed by atoms with Crippen molar-refractivity contribution in [2.45, 2.75) is 155 Å². The summed E-state index contributed by atoms with van der Waals surface area (Å²) in [7, 11) is -0.585. The maximum atomic E-state index is 13.1. The summed E-state index contributed by atoms with van der Waals surface area (Å²) in [4.78, 5) is 63.0. The van der Waals surface area contributed by atoms with Gasteiger partial charge in [0, 0.05) is 25.7 Å². The van der Waals surface area contributed by atoms with Gasteiger partial charge in [0.2, 0.25) is 30.0 Å². The third-order valence-corrected chi connectivity index (χ3v) is 12.2. The van der Waals surface area contributed by atoms with Crippen LogP contribution < -0.4 is 43.4 Å². The van der Waals surface area contributed by atoms with Gasteiger partial charge in [-0.2, -0.15) is 0 Å². The molecule has 8 atom stereocenters. The van der Waals surface area contributed by atoms with Crippen LogP contribution in [0.4, 0.5) is 0 Å². The maximum absolute atomic E-state index is 13.1. The summed E-state index contributed by atoms with van der Waals surface area (Å²) in [6.07, 6.45) is 10.8. The number of nitrogens with one attached hydrogen (secondary N) is 6. The molecule has 59 heavy (non-hydrogen) atoms. The van der Waals surface area contributed by atoms with E-state index >= 15 is 0 Å². The van der Waals surface area contributed by atoms with Crippen LogP contribution in [0.3, 0.4) is 0 Å². The molecule has 0 aromatic heterocycles. The van der Waals surface area contributed by atoms with Crippen molar-refractivity contribution in [3.63, 3.8) is 0 Å². The Morgan fingerprint density at radius 2 is 1.63 bits per heavy atom. The van der Waals surface area contributed by atoms with E-state index in [2.05, 4.69) is 78.3 Å². The number of nitrogens with zero attached hydrogens (tertiary/aromatic N) is 1. The van der Waals surface area contributed by atoms with Gasteiger partial charge in [0.05, 0.1) is 37.3 Å². The molecule has 0 radical (unpaired) electrons. The second kappa shape index (κ2) is 27.2. The molecule has 2 bridgehead atoms. The number of piperazine rings is 1. The van der Waals surface area contributed by atoms with Gasteiger partial charge in [0.25, 0.3) is 0 Å². The minimum absolute atomic E-state index is 0.0126. The molecular formula is C41H80BN9O8. The summed E-state index contributed by atoms with van der Waals surface area (Å²) in [5, 5.41) is 25.6. The number of carbonyl (C=O) groups excluding carboxylic acids is 5. The number of hydrogen-bond acceptors (Lipinski definition) is 12. The fourth-order valence-electron chi connectivity index (χ4n) is 8.58. The average Bonchev–Trinajstić information content (AvgIpc) is 3.55. The molecule has 0 spiro atoms. The first-order chi connectivity index (χ1) is 28.1. The van der Waals surface area contributed by atoms with Crippen LogP contribution in [0.2, 0.25) is 0 Å². The van der Waals surface area contributed by atoms with Crippen molar-refractivity contribution >= 4 is 37.2 Å². The molecule has 7 unspecified atom stereocenters. The first-order valence-corrected chi connectivity index (χ1v) is 22.3. The lowest BCUT2D eigenvalue weighted by atomic mass is 9.43.